The average molecular weight is 366 g/mol. The van der Waals surface area contributed by atoms with Gasteiger partial charge in [0.25, 0.3) is 10.1 Å². The maximum absolute atomic E-state index is 11.8. The van der Waals surface area contributed by atoms with Gasteiger partial charge in [0.05, 0.1) is 0 Å². The van der Waals surface area contributed by atoms with Crippen molar-refractivity contribution in [1.82, 2.24) is 0 Å². The molecule has 0 fully saturated rings. The van der Waals surface area contributed by atoms with Crippen LogP contribution in [0.1, 0.15) is 0 Å². The van der Waals surface area contributed by atoms with Crippen molar-refractivity contribution in [2.24, 2.45) is 0 Å². The van der Waals surface area contributed by atoms with Crippen LogP contribution in [0.2, 0.25) is 0 Å². The van der Waals surface area contributed by atoms with Gasteiger partial charge in [-0.15, -0.1) is 0 Å². The summed E-state index contributed by atoms with van der Waals surface area (Å²) in [7, 11) is -5.35. The first-order valence-electron chi connectivity index (χ1n) is 7.04. The Morgan fingerprint density at radius 3 is 1.54 bits per heavy atom. The standard InChI is InChI=1S/C18H15O3PS.Na.H/c19-23(20,21)18-14-8-7-13-17(18)22(15-9-3-1-4-10-15)16-11-5-2-6-12-16;;/h1-14H,(H,19,20,21);;. The number of benzene rings is 3. The van der Waals surface area contributed by atoms with Gasteiger partial charge >= 0.3 is 29.6 Å². The molecule has 0 unspecified atom stereocenters. The predicted molar refractivity (Wildman–Crippen MR) is 102 cm³/mol. The normalized spacial score (nSPS) is 11.1. The van der Waals surface area contributed by atoms with E-state index in [2.05, 4.69) is 0 Å². The van der Waals surface area contributed by atoms with Crippen LogP contribution >= 0.6 is 7.92 Å². The topological polar surface area (TPSA) is 54.4 Å². The Bertz CT molecular complexity index is 860. The summed E-state index contributed by atoms with van der Waals surface area (Å²) in [5.74, 6) is 0. The molecule has 0 atom stereocenters. The minimum absolute atomic E-state index is 0. The summed E-state index contributed by atoms with van der Waals surface area (Å²) in [6.07, 6.45) is 0. The van der Waals surface area contributed by atoms with E-state index in [9.17, 15) is 13.0 Å². The molecule has 1 N–H and O–H groups in total. The molecule has 0 saturated heterocycles. The summed E-state index contributed by atoms with van der Waals surface area (Å²) in [6, 6.07) is 26.2. The quantitative estimate of drug-likeness (QED) is 0.437. The number of hydrogen-bond acceptors (Lipinski definition) is 2. The van der Waals surface area contributed by atoms with Gasteiger partial charge in [0.1, 0.15) is 4.90 Å². The van der Waals surface area contributed by atoms with E-state index in [1.54, 1.807) is 18.2 Å². The Hall–Kier alpha value is -1.000. The molecule has 0 aliphatic carbocycles. The molecule has 3 aromatic rings. The summed E-state index contributed by atoms with van der Waals surface area (Å²) < 4.78 is 33.2. The van der Waals surface area contributed by atoms with Gasteiger partial charge < -0.3 is 0 Å². The van der Waals surface area contributed by atoms with Gasteiger partial charge in [-0.1, -0.05) is 78.9 Å². The zero-order valence-electron chi connectivity index (χ0n) is 12.2. The van der Waals surface area contributed by atoms with Crippen molar-refractivity contribution < 1.29 is 13.0 Å². The molecule has 0 aliphatic rings. The predicted octanol–water partition coefficient (Wildman–Crippen LogP) is 2.04. The molecule has 0 spiro atoms. The van der Waals surface area contributed by atoms with E-state index in [4.69, 9.17) is 0 Å². The van der Waals surface area contributed by atoms with Crippen molar-refractivity contribution in [3.63, 3.8) is 0 Å². The van der Waals surface area contributed by atoms with Crippen LogP contribution < -0.4 is 15.9 Å². The van der Waals surface area contributed by atoms with Crippen LogP contribution in [0, 0.1) is 0 Å². The average Bonchev–Trinajstić information content (AvgIpc) is 2.57. The van der Waals surface area contributed by atoms with Crippen molar-refractivity contribution in [3.05, 3.63) is 84.9 Å². The summed E-state index contributed by atoms with van der Waals surface area (Å²) in [4.78, 5) is -0.0289. The Morgan fingerprint density at radius 1 is 0.667 bits per heavy atom. The molecule has 6 heteroatoms. The van der Waals surface area contributed by atoms with Crippen LogP contribution in [0.3, 0.4) is 0 Å². The first-order valence-corrected chi connectivity index (χ1v) is 9.82. The van der Waals surface area contributed by atoms with Crippen molar-refractivity contribution >= 4 is 63.5 Å². The van der Waals surface area contributed by atoms with Gasteiger partial charge in [-0.2, -0.15) is 8.42 Å². The Balaban J connectivity index is 0.00000208. The van der Waals surface area contributed by atoms with Crippen molar-refractivity contribution in [2.75, 3.05) is 0 Å². The van der Waals surface area contributed by atoms with Crippen molar-refractivity contribution in [1.29, 1.82) is 0 Å². The second-order valence-corrected chi connectivity index (χ2v) is 8.52. The van der Waals surface area contributed by atoms with Crippen LogP contribution in [0.4, 0.5) is 0 Å². The molecule has 0 saturated carbocycles. The van der Waals surface area contributed by atoms with Gasteiger partial charge in [0.15, 0.2) is 0 Å². The second kappa shape index (κ2) is 8.39. The zero-order valence-corrected chi connectivity index (χ0v) is 13.9. The van der Waals surface area contributed by atoms with E-state index in [1.807, 2.05) is 60.7 Å². The van der Waals surface area contributed by atoms with Crippen LogP contribution in [-0.2, 0) is 10.1 Å². The van der Waals surface area contributed by atoms with Crippen LogP contribution in [0.15, 0.2) is 89.8 Å². The van der Waals surface area contributed by atoms with E-state index < -0.39 is 18.0 Å². The molecule has 118 valence electrons. The number of rotatable bonds is 4. The zero-order chi connectivity index (χ0) is 16.3. The fraction of sp³-hybridized carbons (Fsp3) is 0. The molecule has 0 bridgehead atoms. The maximum atomic E-state index is 11.8. The Labute approximate surface area is 165 Å². The summed E-state index contributed by atoms with van der Waals surface area (Å²) in [6.45, 7) is 0. The van der Waals surface area contributed by atoms with Gasteiger partial charge in [0.2, 0.25) is 0 Å². The molecule has 3 rings (SSSR count). The molecule has 0 amide bonds. The summed E-state index contributed by atoms with van der Waals surface area (Å²) in [5, 5.41) is 2.69. The van der Waals surface area contributed by atoms with E-state index >= 15 is 0 Å². The van der Waals surface area contributed by atoms with Gasteiger partial charge in [0, 0.05) is 5.30 Å². The third-order valence-electron chi connectivity index (χ3n) is 3.41. The Kier molecular flexibility index (Phi) is 6.76. The molecule has 24 heavy (non-hydrogen) atoms. The first kappa shape index (κ1) is 19.3. The van der Waals surface area contributed by atoms with Crippen LogP contribution in [0.25, 0.3) is 0 Å². The van der Waals surface area contributed by atoms with Gasteiger partial charge in [-0.3, -0.25) is 4.55 Å². The van der Waals surface area contributed by atoms with Crippen molar-refractivity contribution in [3.8, 4) is 0 Å². The molecule has 0 radical (unpaired) electrons. The summed E-state index contributed by atoms with van der Waals surface area (Å²) >= 11 is 0. The van der Waals surface area contributed by atoms with Crippen LogP contribution in [0.5, 0.6) is 0 Å². The third kappa shape index (κ3) is 4.34. The molecule has 3 nitrogen and oxygen atoms in total. The van der Waals surface area contributed by atoms with Crippen LogP contribution in [-0.4, -0.2) is 42.5 Å². The van der Waals surface area contributed by atoms with E-state index in [1.165, 1.54) is 6.07 Å². The van der Waals surface area contributed by atoms with E-state index in [-0.39, 0.29) is 34.5 Å². The molecule has 0 heterocycles. The Morgan fingerprint density at radius 2 is 1.08 bits per heavy atom. The molecule has 0 aliphatic heterocycles. The molecule has 0 aromatic heterocycles. The second-order valence-electron chi connectivity index (χ2n) is 4.95. The molecule has 3 aromatic carbocycles. The van der Waals surface area contributed by atoms with Gasteiger partial charge in [-0.05, 0) is 24.6 Å². The van der Waals surface area contributed by atoms with E-state index in [0.717, 1.165) is 10.6 Å². The number of hydrogen-bond donors (Lipinski definition) is 1. The van der Waals surface area contributed by atoms with Crippen molar-refractivity contribution in [2.45, 2.75) is 4.90 Å². The van der Waals surface area contributed by atoms with E-state index in [0.29, 0.717) is 5.30 Å². The minimum atomic E-state index is -4.28. The SMILES string of the molecule is O=S(=O)(O)c1ccccc1P(c1ccccc1)c1ccccc1.[NaH]. The third-order valence-corrected chi connectivity index (χ3v) is 6.98. The molecular formula is C18H16NaO3PS. The first-order chi connectivity index (χ1) is 11.1. The van der Waals surface area contributed by atoms with Gasteiger partial charge in [-0.25, -0.2) is 0 Å². The fourth-order valence-corrected chi connectivity index (χ4v) is 5.97. The monoisotopic (exact) mass is 366 g/mol. The summed E-state index contributed by atoms with van der Waals surface area (Å²) in [5.41, 5.74) is 0. The molecular weight excluding hydrogens is 350 g/mol. The fourth-order valence-electron chi connectivity index (χ4n) is 2.44.